The zero-order valence-corrected chi connectivity index (χ0v) is 10.8. The summed E-state index contributed by atoms with van der Waals surface area (Å²) in [4.78, 5) is 4.53. The topological polar surface area (TPSA) is 59.3 Å². The Labute approximate surface area is 106 Å². The Morgan fingerprint density at radius 1 is 1.44 bits per heavy atom. The molecule has 1 aromatic heterocycles. The number of para-hydroxylation sites is 2. The van der Waals surface area contributed by atoms with Crippen molar-refractivity contribution in [1.82, 2.24) is 9.55 Å². The van der Waals surface area contributed by atoms with Gasteiger partial charge in [0.15, 0.2) is 0 Å². The molecule has 1 heterocycles. The van der Waals surface area contributed by atoms with Gasteiger partial charge < -0.3 is 19.7 Å². The Morgan fingerprint density at radius 2 is 2.22 bits per heavy atom. The van der Waals surface area contributed by atoms with Gasteiger partial charge in [-0.3, -0.25) is 0 Å². The number of aromatic nitrogens is 2. The lowest BCUT2D eigenvalue weighted by Gasteiger charge is -2.17. The number of methoxy groups -OCH3 is 1. The molecule has 1 aromatic carbocycles. The SMILES string of the molecule is COCC(CCO)Nc1nc2ccccc2n1C. The average molecular weight is 249 g/mol. The number of aryl methyl sites for hydroxylation is 1. The van der Waals surface area contributed by atoms with Crippen molar-refractivity contribution in [1.29, 1.82) is 0 Å². The highest BCUT2D eigenvalue weighted by molar-refractivity contribution is 5.78. The van der Waals surface area contributed by atoms with E-state index in [0.29, 0.717) is 13.0 Å². The molecule has 0 aliphatic carbocycles. The van der Waals surface area contributed by atoms with E-state index in [9.17, 15) is 0 Å². The molecule has 2 N–H and O–H groups in total. The van der Waals surface area contributed by atoms with Gasteiger partial charge >= 0.3 is 0 Å². The Morgan fingerprint density at radius 3 is 2.89 bits per heavy atom. The molecule has 2 rings (SSSR count). The maximum atomic E-state index is 9.03. The highest BCUT2D eigenvalue weighted by Gasteiger charge is 2.12. The molecule has 0 saturated heterocycles. The van der Waals surface area contributed by atoms with Gasteiger partial charge in [0, 0.05) is 20.8 Å². The van der Waals surface area contributed by atoms with Crippen LogP contribution in [0.25, 0.3) is 11.0 Å². The van der Waals surface area contributed by atoms with Crippen LogP contribution in [0.5, 0.6) is 0 Å². The van der Waals surface area contributed by atoms with Crippen LogP contribution in [0, 0.1) is 0 Å². The number of anilines is 1. The summed E-state index contributed by atoms with van der Waals surface area (Å²) in [5.74, 6) is 0.798. The van der Waals surface area contributed by atoms with Crippen LogP contribution in [-0.2, 0) is 11.8 Å². The van der Waals surface area contributed by atoms with Gasteiger partial charge in [-0.2, -0.15) is 0 Å². The molecule has 1 unspecified atom stereocenters. The Kier molecular flexibility index (Phi) is 4.17. The maximum absolute atomic E-state index is 9.03. The zero-order chi connectivity index (χ0) is 13.0. The van der Waals surface area contributed by atoms with Crippen LogP contribution in [0.1, 0.15) is 6.42 Å². The number of nitrogens with zero attached hydrogens (tertiary/aromatic N) is 2. The van der Waals surface area contributed by atoms with Crippen LogP contribution in [0.4, 0.5) is 5.95 Å². The fraction of sp³-hybridized carbons (Fsp3) is 0.462. The van der Waals surface area contributed by atoms with Crippen molar-refractivity contribution in [3.8, 4) is 0 Å². The lowest BCUT2D eigenvalue weighted by atomic mass is 10.2. The summed E-state index contributed by atoms with van der Waals surface area (Å²) >= 11 is 0. The summed E-state index contributed by atoms with van der Waals surface area (Å²) in [6.45, 7) is 0.675. The van der Waals surface area contributed by atoms with Crippen LogP contribution in [-0.4, -0.2) is 41.0 Å². The van der Waals surface area contributed by atoms with E-state index in [2.05, 4.69) is 10.3 Å². The quantitative estimate of drug-likeness (QED) is 0.812. The number of rotatable bonds is 6. The van der Waals surface area contributed by atoms with Crippen LogP contribution in [0.15, 0.2) is 24.3 Å². The number of aliphatic hydroxyl groups is 1. The van der Waals surface area contributed by atoms with Gasteiger partial charge in [-0.1, -0.05) is 12.1 Å². The molecule has 0 aliphatic heterocycles. The Balaban J connectivity index is 2.22. The molecule has 0 aliphatic rings. The molecule has 98 valence electrons. The van der Waals surface area contributed by atoms with E-state index in [1.54, 1.807) is 7.11 Å². The first-order valence-corrected chi connectivity index (χ1v) is 6.04. The number of ether oxygens (including phenoxy) is 1. The van der Waals surface area contributed by atoms with Crippen LogP contribution >= 0.6 is 0 Å². The number of nitrogens with one attached hydrogen (secondary N) is 1. The Hall–Kier alpha value is -1.59. The second-order valence-electron chi connectivity index (χ2n) is 4.29. The number of imidazole rings is 1. The van der Waals surface area contributed by atoms with Gasteiger partial charge in [0.05, 0.1) is 23.7 Å². The first kappa shape index (κ1) is 12.9. The number of hydrogen-bond acceptors (Lipinski definition) is 4. The van der Waals surface area contributed by atoms with E-state index in [1.165, 1.54) is 0 Å². The van der Waals surface area contributed by atoms with E-state index in [0.717, 1.165) is 17.0 Å². The van der Waals surface area contributed by atoms with Gasteiger partial charge in [0.25, 0.3) is 0 Å². The maximum Gasteiger partial charge on any atom is 0.203 e. The van der Waals surface area contributed by atoms with E-state index >= 15 is 0 Å². The smallest absolute Gasteiger partial charge is 0.203 e. The summed E-state index contributed by atoms with van der Waals surface area (Å²) in [7, 11) is 3.63. The standard InChI is InChI=1S/C13H19N3O2/c1-16-12-6-4-3-5-11(12)15-13(16)14-10(7-8-17)9-18-2/h3-6,10,17H,7-9H2,1-2H3,(H,14,15). The molecule has 2 aromatic rings. The van der Waals surface area contributed by atoms with Gasteiger partial charge in [0.2, 0.25) is 5.95 Å². The molecule has 1 atom stereocenters. The summed E-state index contributed by atoms with van der Waals surface area (Å²) in [6, 6.07) is 8.05. The lowest BCUT2D eigenvalue weighted by Crippen LogP contribution is -2.27. The lowest BCUT2D eigenvalue weighted by molar-refractivity contribution is 0.170. The molecule has 0 saturated carbocycles. The van der Waals surface area contributed by atoms with Gasteiger partial charge in [-0.05, 0) is 18.6 Å². The second kappa shape index (κ2) is 5.84. The highest BCUT2D eigenvalue weighted by atomic mass is 16.5. The largest absolute Gasteiger partial charge is 0.396 e. The summed E-state index contributed by atoms with van der Waals surface area (Å²) in [5, 5.41) is 12.3. The van der Waals surface area contributed by atoms with Gasteiger partial charge in [-0.25, -0.2) is 4.98 Å². The van der Waals surface area contributed by atoms with Gasteiger partial charge in [0.1, 0.15) is 0 Å². The molecule has 0 amide bonds. The third-order valence-corrected chi connectivity index (χ3v) is 2.97. The summed E-state index contributed by atoms with van der Waals surface area (Å²) in [5.41, 5.74) is 2.04. The number of fused-ring (bicyclic) bond motifs is 1. The molecule has 0 fully saturated rings. The molecule has 0 radical (unpaired) electrons. The van der Waals surface area contributed by atoms with Crippen molar-refractivity contribution in [3.63, 3.8) is 0 Å². The third-order valence-electron chi connectivity index (χ3n) is 2.97. The molecular weight excluding hydrogens is 230 g/mol. The predicted octanol–water partition coefficient (Wildman–Crippen LogP) is 1.38. The summed E-state index contributed by atoms with van der Waals surface area (Å²) in [6.07, 6.45) is 0.636. The van der Waals surface area contributed by atoms with Crippen molar-refractivity contribution >= 4 is 17.0 Å². The average Bonchev–Trinajstić information content (AvgIpc) is 2.68. The predicted molar refractivity (Wildman–Crippen MR) is 71.7 cm³/mol. The zero-order valence-electron chi connectivity index (χ0n) is 10.8. The number of aliphatic hydroxyl groups excluding tert-OH is 1. The third kappa shape index (κ3) is 2.63. The minimum Gasteiger partial charge on any atom is -0.396 e. The fourth-order valence-electron chi connectivity index (χ4n) is 2.01. The first-order valence-electron chi connectivity index (χ1n) is 6.04. The number of benzene rings is 1. The monoisotopic (exact) mass is 249 g/mol. The van der Waals surface area contributed by atoms with Crippen molar-refractivity contribution in [2.24, 2.45) is 7.05 Å². The van der Waals surface area contributed by atoms with E-state index < -0.39 is 0 Å². The van der Waals surface area contributed by atoms with Crippen LogP contribution < -0.4 is 5.32 Å². The minimum absolute atomic E-state index is 0.0653. The second-order valence-corrected chi connectivity index (χ2v) is 4.29. The molecule has 5 heteroatoms. The molecular formula is C13H19N3O2. The summed E-state index contributed by atoms with van der Waals surface area (Å²) < 4.78 is 7.14. The number of hydrogen-bond donors (Lipinski definition) is 2. The first-order chi connectivity index (χ1) is 8.76. The van der Waals surface area contributed by atoms with Crippen LogP contribution in [0.3, 0.4) is 0 Å². The molecule has 5 nitrogen and oxygen atoms in total. The molecule has 0 bridgehead atoms. The normalized spacial score (nSPS) is 12.8. The van der Waals surface area contributed by atoms with Crippen molar-refractivity contribution in [2.45, 2.75) is 12.5 Å². The fourth-order valence-corrected chi connectivity index (χ4v) is 2.01. The van der Waals surface area contributed by atoms with Crippen molar-refractivity contribution in [2.75, 3.05) is 25.6 Å². The molecule has 0 spiro atoms. The van der Waals surface area contributed by atoms with Crippen LogP contribution in [0.2, 0.25) is 0 Å². The highest BCUT2D eigenvalue weighted by Crippen LogP contribution is 2.18. The Bertz CT molecular complexity index is 504. The van der Waals surface area contributed by atoms with E-state index in [-0.39, 0.29) is 12.6 Å². The van der Waals surface area contributed by atoms with E-state index in [4.69, 9.17) is 9.84 Å². The van der Waals surface area contributed by atoms with Gasteiger partial charge in [-0.15, -0.1) is 0 Å². The molecule has 18 heavy (non-hydrogen) atoms. The minimum atomic E-state index is 0.0653. The van der Waals surface area contributed by atoms with Crippen molar-refractivity contribution in [3.05, 3.63) is 24.3 Å². The van der Waals surface area contributed by atoms with E-state index in [1.807, 2.05) is 35.9 Å². The van der Waals surface area contributed by atoms with Crippen molar-refractivity contribution < 1.29 is 9.84 Å².